The number of hydrogen-bond donors (Lipinski definition) is 2. The van der Waals surface area contributed by atoms with Crippen molar-refractivity contribution in [2.45, 2.75) is 33.1 Å². The summed E-state index contributed by atoms with van der Waals surface area (Å²) in [5, 5.41) is 8.84. The van der Waals surface area contributed by atoms with Crippen molar-refractivity contribution in [3.8, 4) is 0 Å². The smallest absolute Gasteiger partial charge is 0.306 e. The molecule has 1 unspecified atom stereocenters. The van der Waals surface area contributed by atoms with E-state index < -0.39 is 5.97 Å². The van der Waals surface area contributed by atoms with E-state index in [-0.39, 0.29) is 5.92 Å². The van der Waals surface area contributed by atoms with E-state index in [1.165, 1.54) is 5.57 Å². The number of nitrogens with two attached hydrogens (primary N) is 1. The number of rotatable bonds is 6. The van der Waals surface area contributed by atoms with E-state index >= 15 is 0 Å². The zero-order chi connectivity index (χ0) is 10.3. The fourth-order valence-corrected chi connectivity index (χ4v) is 1.08. The lowest BCUT2D eigenvalue weighted by Gasteiger charge is -2.08. The van der Waals surface area contributed by atoms with Crippen molar-refractivity contribution in [1.29, 1.82) is 0 Å². The van der Waals surface area contributed by atoms with Crippen LogP contribution < -0.4 is 5.73 Å². The second-order valence-corrected chi connectivity index (χ2v) is 3.48. The molecule has 3 heteroatoms. The van der Waals surface area contributed by atoms with Gasteiger partial charge in [0.25, 0.3) is 0 Å². The van der Waals surface area contributed by atoms with Gasteiger partial charge in [0.15, 0.2) is 0 Å². The van der Waals surface area contributed by atoms with Crippen molar-refractivity contribution in [2.24, 2.45) is 11.7 Å². The van der Waals surface area contributed by atoms with Crippen LogP contribution >= 0.6 is 0 Å². The zero-order valence-electron chi connectivity index (χ0n) is 8.42. The van der Waals surface area contributed by atoms with Gasteiger partial charge in [0, 0.05) is 0 Å². The fraction of sp³-hybridized carbons (Fsp3) is 0.700. The predicted octanol–water partition coefficient (Wildman–Crippen LogP) is 1.78. The lowest BCUT2D eigenvalue weighted by Crippen LogP contribution is -2.14. The fourth-order valence-electron chi connectivity index (χ4n) is 1.08. The van der Waals surface area contributed by atoms with Crippen LogP contribution in [0, 0.1) is 5.92 Å². The first-order valence-electron chi connectivity index (χ1n) is 4.64. The van der Waals surface area contributed by atoms with Gasteiger partial charge < -0.3 is 10.8 Å². The standard InChI is InChI=1S/C10H19NO2/c1-8(2)5-6-9(10(12)13)4-3-7-11/h5,9H,3-4,6-7,11H2,1-2H3,(H,12,13). The highest BCUT2D eigenvalue weighted by Crippen LogP contribution is 2.13. The average Bonchev–Trinajstić information content (AvgIpc) is 2.03. The highest BCUT2D eigenvalue weighted by Gasteiger charge is 2.14. The molecule has 1 atom stereocenters. The van der Waals surface area contributed by atoms with E-state index in [9.17, 15) is 4.79 Å². The molecule has 0 aromatic carbocycles. The maximum absolute atomic E-state index is 10.7. The third kappa shape index (κ3) is 6.34. The Morgan fingerprint density at radius 3 is 2.54 bits per heavy atom. The van der Waals surface area contributed by atoms with Crippen molar-refractivity contribution >= 4 is 5.97 Å². The third-order valence-electron chi connectivity index (χ3n) is 1.92. The lowest BCUT2D eigenvalue weighted by molar-refractivity contribution is -0.141. The van der Waals surface area contributed by atoms with Gasteiger partial charge in [0.1, 0.15) is 0 Å². The number of carbonyl (C=O) groups is 1. The van der Waals surface area contributed by atoms with Crippen LogP contribution in [0.2, 0.25) is 0 Å². The molecular formula is C10H19NO2. The van der Waals surface area contributed by atoms with Gasteiger partial charge in [-0.1, -0.05) is 11.6 Å². The first-order chi connectivity index (χ1) is 6.07. The summed E-state index contributed by atoms with van der Waals surface area (Å²) in [6.45, 7) is 4.52. The van der Waals surface area contributed by atoms with Crippen LogP contribution in [0.15, 0.2) is 11.6 Å². The van der Waals surface area contributed by atoms with Crippen molar-refractivity contribution < 1.29 is 9.90 Å². The molecule has 13 heavy (non-hydrogen) atoms. The lowest BCUT2D eigenvalue weighted by atomic mass is 9.98. The maximum Gasteiger partial charge on any atom is 0.306 e. The topological polar surface area (TPSA) is 63.3 Å². The Kier molecular flexibility index (Phi) is 6.24. The van der Waals surface area contributed by atoms with E-state index in [2.05, 4.69) is 0 Å². The summed E-state index contributed by atoms with van der Waals surface area (Å²) in [5.41, 5.74) is 6.49. The Balaban J connectivity index is 3.95. The van der Waals surface area contributed by atoms with Crippen LogP contribution in [0.5, 0.6) is 0 Å². The minimum Gasteiger partial charge on any atom is -0.481 e. The van der Waals surface area contributed by atoms with Crippen molar-refractivity contribution in [1.82, 2.24) is 0 Å². The van der Waals surface area contributed by atoms with E-state index in [1.54, 1.807) is 0 Å². The number of hydrogen-bond acceptors (Lipinski definition) is 2. The Morgan fingerprint density at radius 1 is 1.54 bits per heavy atom. The summed E-state index contributed by atoms with van der Waals surface area (Å²) in [4.78, 5) is 10.7. The molecule has 0 saturated heterocycles. The molecule has 0 amide bonds. The molecule has 3 N–H and O–H groups in total. The molecule has 0 bridgehead atoms. The maximum atomic E-state index is 10.7. The number of aliphatic carboxylic acids is 1. The van der Waals surface area contributed by atoms with Gasteiger partial charge in [-0.05, 0) is 39.7 Å². The predicted molar refractivity (Wildman–Crippen MR) is 53.5 cm³/mol. The summed E-state index contributed by atoms with van der Waals surface area (Å²) in [7, 11) is 0. The minimum absolute atomic E-state index is 0.265. The molecule has 0 aliphatic carbocycles. The second-order valence-electron chi connectivity index (χ2n) is 3.48. The Morgan fingerprint density at radius 2 is 2.15 bits per heavy atom. The molecule has 0 spiro atoms. The summed E-state index contributed by atoms with van der Waals surface area (Å²) in [6, 6.07) is 0. The molecule has 0 aromatic heterocycles. The van der Waals surface area contributed by atoms with Gasteiger partial charge in [-0.15, -0.1) is 0 Å². The van der Waals surface area contributed by atoms with Gasteiger partial charge in [-0.25, -0.2) is 0 Å². The average molecular weight is 185 g/mol. The molecule has 0 heterocycles. The van der Waals surface area contributed by atoms with E-state index in [0.717, 1.165) is 6.42 Å². The minimum atomic E-state index is -0.717. The summed E-state index contributed by atoms with van der Waals surface area (Å²) in [6.07, 6.45) is 4.05. The SMILES string of the molecule is CC(C)=CCC(CCCN)C(=O)O. The van der Waals surface area contributed by atoms with Crippen molar-refractivity contribution in [2.75, 3.05) is 6.54 Å². The van der Waals surface area contributed by atoms with Gasteiger partial charge in [-0.3, -0.25) is 4.79 Å². The van der Waals surface area contributed by atoms with Gasteiger partial charge in [0.2, 0.25) is 0 Å². The van der Waals surface area contributed by atoms with Crippen LogP contribution in [0.4, 0.5) is 0 Å². The normalized spacial score (nSPS) is 12.2. The molecular weight excluding hydrogens is 166 g/mol. The largest absolute Gasteiger partial charge is 0.481 e. The molecule has 3 nitrogen and oxygen atoms in total. The van der Waals surface area contributed by atoms with Crippen molar-refractivity contribution in [3.05, 3.63) is 11.6 Å². The van der Waals surface area contributed by atoms with E-state index in [1.807, 2.05) is 19.9 Å². The molecule has 0 rings (SSSR count). The first kappa shape index (κ1) is 12.2. The van der Waals surface area contributed by atoms with Gasteiger partial charge in [-0.2, -0.15) is 0 Å². The van der Waals surface area contributed by atoms with Gasteiger partial charge in [0.05, 0.1) is 5.92 Å². The van der Waals surface area contributed by atoms with Gasteiger partial charge >= 0.3 is 5.97 Å². The van der Waals surface area contributed by atoms with Crippen LogP contribution in [-0.2, 0) is 4.79 Å². The number of carboxylic acid groups (broad SMARTS) is 1. The van der Waals surface area contributed by atoms with Crippen molar-refractivity contribution in [3.63, 3.8) is 0 Å². The molecule has 0 aromatic rings. The molecule has 76 valence electrons. The Labute approximate surface area is 79.6 Å². The summed E-state index contributed by atoms with van der Waals surface area (Å²) >= 11 is 0. The Bertz CT molecular complexity index is 183. The Hall–Kier alpha value is -0.830. The van der Waals surface area contributed by atoms with E-state index in [0.29, 0.717) is 19.4 Å². The monoisotopic (exact) mass is 185 g/mol. The third-order valence-corrected chi connectivity index (χ3v) is 1.92. The van der Waals surface area contributed by atoms with Crippen LogP contribution in [-0.4, -0.2) is 17.6 Å². The molecule has 0 fully saturated rings. The highest BCUT2D eigenvalue weighted by molar-refractivity contribution is 5.70. The molecule has 0 aliphatic rings. The molecule has 0 saturated carbocycles. The molecule has 0 aliphatic heterocycles. The number of carboxylic acids is 1. The summed E-state index contributed by atoms with van der Waals surface area (Å²) in [5.74, 6) is -0.982. The summed E-state index contributed by atoms with van der Waals surface area (Å²) < 4.78 is 0. The van der Waals surface area contributed by atoms with Crippen LogP contribution in [0.25, 0.3) is 0 Å². The van der Waals surface area contributed by atoms with E-state index in [4.69, 9.17) is 10.8 Å². The number of allylic oxidation sites excluding steroid dienone is 2. The molecule has 0 radical (unpaired) electrons. The zero-order valence-corrected chi connectivity index (χ0v) is 8.42. The van der Waals surface area contributed by atoms with Crippen LogP contribution in [0.3, 0.4) is 0 Å². The highest BCUT2D eigenvalue weighted by atomic mass is 16.4. The first-order valence-corrected chi connectivity index (χ1v) is 4.64. The van der Waals surface area contributed by atoms with Crippen LogP contribution in [0.1, 0.15) is 33.1 Å². The quantitative estimate of drug-likeness (QED) is 0.620. The second kappa shape index (κ2) is 6.66.